The third-order valence-electron chi connectivity index (χ3n) is 20.3. The Balaban J connectivity index is 0.838. The fourth-order valence-electron chi connectivity index (χ4n) is 15.9. The highest BCUT2D eigenvalue weighted by Gasteiger charge is 2.44. The van der Waals surface area contributed by atoms with Crippen molar-refractivity contribution in [3.05, 3.63) is 358 Å². The third-order valence-corrected chi connectivity index (χ3v) is 20.3. The second-order valence-electron chi connectivity index (χ2n) is 26.0. The van der Waals surface area contributed by atoms with Crippen molar-refractivity contribution in [2.24, 2.45) is 0 Å². The number of para-hydroxylation sites is 7. The first-order valence-corrected chi connectivity index (χ1v) is 34.4. The lowest BCUT2D eigenvalue weighted by Crippen LogP contribution is -2.61. The van der Waals surface area contributed by atoms with Gasteiger partial charge in [0, 0.05) is 94.6 Å². The van der Waals surface area contributed by atoms with Gasteiger partial charge in [-0.15, -0.1) is 0 Å². The van der Waals surface area contributed by atoms with Crippen molar-refractivity contribution in [2.45, 2.75) is 0 Å². The largest absolute Gasteiger partial charge is 0.311 e. The molecule has 0 atom stereocenters. The second-order valence-corrected chi connectivity index (χ2v) is 26.0. The van der Waals surface area contributed by atoms with Crippen molar-refractivity contribution >= 4 is 101 Å². The van der Waals surface area contributed by atoms with E-state index >= 15 is 0 Å². The van der Waals surface area contributed by atoms with E-state index in [-0.39, 0.29) is 6.71 Å². The SMILES string of the molecule is c1ccc(-c2cc(-c3ccc(-n4c5ccccc5c5cc6c7ccccc7n(-c7ccccc7)c6cc54)c(-c4nc(-c5ccccc5)cc(-c5cccc(-c6ccc7c8c6N(c6ccccc6)c6ccccc6B8c6ccccc6N7c6ccccc6)c5)n4)c3)nc(-c3ccccc3)n2)cc1. The van der Waals surface area contributed by atoms with Crippen LogP contribution in [0.25, 0.3) is 134 Å². The molecular weight excluding hydrogens is 1230 g/mol. The standard InChI is InChI=1S/C92H59BN8/c1-7-28-60(29-8-1)77-57-80(95-91(94-77)62-32-11-3-12-33-62)65-50-52-83(101-82-47-24-20-43-71(82)73-56-72-70-42-19-23-46-81(70)98(87(72)59-88(73)101)66-36-13-4-14-37-66)74(55-65)92-96-78(61-30-9-2-10-31-61)58-79(97-92)64-35-27-34-63(54-64)69-51-53-86-89-90(69)100(68-40-17-6-18-41-68)85-49-26-22-45-76(85)93(89)75-44-21-25-48-84(75)99(86)67-38-15-5-16-39-67/h1-59H. The molecule has 0 fully saturated rings. The molecule has 0 aliphatic carbocycles. The molecule has 470 valence electrons. The molecule has 2 aliphatic rings. The van der Waals surface area contributed by atoms with Crippen molar-refractivity contribution in [1.82, 2.24) is 29.1 Å². The Morgan fingerprint density at radius 3 is 1.27 bits per heavy atom. The summed E-state index contributed by atoms with van der Waals surface area (Å²) in [5.74, 6) is 1.20. The monoisotopic (exact) mass is 1290 g/mol. The fourth-order valence-corrected chi connectivity index (χ4v) is 15.9. The summed E-state index contributed by atoms with van der Waals surface area (Å²) in [5.41, 5.74) is 27.9. The molecule has 101 heavy (non-hydrogen) atoms. The molecule has 20 rings (SSSR count). The smallest absolute Gasteiger partial charge is 0.252 e. The Morgan fingerprint density at radius 1 is 0.228 bits per heavy atom. The maximum Gasteiger partial charge on any atom is 0.252 e. The average molecular weight is 1290 g/mol. The minimum Gasteiger partial charge on any atom is -0.311 e. The summed E-state index contributed by atoms with van der Waals surface area (Å²) < 4.78 is 4.84. The van der Waals surface area contributed by atoms with Gasteiger partial charge in [-0.25, -0.2) is 19.9 Å². The predicted molar refractivity (Wildman–Crippen MR) is 418 cm³/mol. The van der Waals surface area contributed by atoms with E-state index < -0.39 is 0 Å². The molecule has 2 aliphatic heterocycles. The first-order chi connectivity index (χ1) is 50.1. The Kier molecular flexibility index (Phi) is 13.5. The Bertz CT molecular complexity index is 6210. The van der Waals surface area contributed by atoms with Crippen molar-refractivity contribution < 1.29 is 0 Å². The summed E-state index contributed by atoms with van der Waals surface area (Å²) in [4.78, 5) is 27.3. The number of hydrogen-bond acceptors (Lipinski definition) is 6. The van der Waals surface area contributed by atoms with Crippen molar-refractivity contribution in [3.63, 3.8) is 0 Å². The van der Waals surface area contributed by atoms with Crippen LogP contribution < -0.4 is 26.2 Å². The molecule has 0 saturated heterocycles. The van der Waals surface area contributed by atoms with Crippen LogP contribution in [0.2, 0.25) is 0 Å². The van der Waals surface area contributed by atoms with Gasteiger partial charge in [0.2, 0.25) is 0 Å². The van der Waals surface area contributed by atoms with Crippen LogP contribution >= 0.6 is 0 Å². The maximum absolute atomic E-state index is 5.88. The molecule has 6 heterocycles. The molecule has 0 radical (unpaired) electrons. The summed E-state index contributed by atoms with van der Waals surface area (Å²) in [6, 6.07) is 129. The molecule has 0 saturated carbocycles. The zero-order chi connectivity index (χ0) is 66.5. The van der Waals surface area contributed by atoms with Crippen molar-refractivity contribution in [2.75, 3.05) is 9.80 Å². The lowest BCUT2D eigenvalue weighted by molar-refractivity contribution is 1.13. The highest BCUT2D eigenvalue weighted by Crippen LogP contribution is 2.49. The third kappa shape index (κ3) is 9.54. The summed E-state index contributed by atoms with van der Waals surface area (Å²) >= 11 is 0. The lowest BCUT2D eigenvalue weighted by atomic mass is 9.33. The van der Waals surface area contributed by atoms with Crippen LogP contribution in [0.4, 0.5) is 34.1 Å². The number of hydrogen-bond donors (Lipinski definition) is 0. The fraction of sp³-hybridized carbons (Fsp3) is 0. The first kappa shape index (κ1) is 57.7. The molecule has 8 nitrogen and oxygen atoms in total. The number of rotatable bonds is 11. The van der Waals surface area contributed by atoms with Crippen LogP contribution in [0, 0.1) is 0 Å². The second kappa shape index (κ2) is 23.7. The molecule has 14 aromatic carbocycles. The van der Waals surface area contributed by atoms with Gasteiger partial charge < -0.3 is 18.9 Å². The van der Waals surface area contributed by atoms with E-state index in [0.29, 0.717) is 11.6 Å². The summed E-state index contributed by atoms with van der Waals surface area (Å²) in [6.45, 7) is -0.0509. The van der Waals surface area contributed by atoms with E-state index in [1.807, 2.05) is 24.3 Å². The average Bonchev–Trinajstić information content (AvgIpc) is 0.789. The Morgan fingerprint density at radius 2 is 0.663 bits per heavy atom. The quantitative estimate of drug-likeness (QED) is 0.120. The van der Waals surface area contributed by atoms with Gasteiger partial charge >= 0.3 is 0 Å². The number of benzene rings is 14. The Hall–Kier alpha value is -13.5. The minimum atomic E-state index is -0.0509. The van der Waals surface area contributed by atoms with Gasteiger partial charge in [0.05, 0.1) is 56.2 Å². The normalized spacial score (nSPS) is 12.3. The van der Waals surface area contributed by atoms with E-state index in [1.54, 1.807) is 0 Å². The van der Waals surface area contributed by atoms with Crippen molar-refractivity contribution in [1.29, 1.82) is 0 Å². The van der Waals surface area contributed by atoms with Gasteiger partial charge in [-0.3, -0.25) is 0 Å². The lowest BCUT2D eigenvalue weighted by Gasteiger charge is -2.45. The number of aromatic nitrogens is 6. The predicted octanol–water partition coefficient (Wildman–Crippen LogP) is 21.2. The van der Waals surface area contributed by atoms with Gasteiger partial charge in [-0.2, -0.15) is 0 Å². The van der Waals surface area contributed by atoms with Crippen LogP contribution in [0.3, 0.4) is 0 Å². The molecule has 18 aromatic rings. The van der Waals surface area contributed by atoms with E-state index in [2.05, 4.69) is 353 Å². The van der Waals surface area contributed by atoms with Crippen LogP contribution in [0.1, 0.15) is 0 Å². The summed E-state index contributed by atoms with van der Waals surface area (Å²) in [5, 5.41) is 4.67. The highest BCUT2D eigenvalue weighted by molar-refractivity contribution is 7.00. The van der Waals surface area contributed by atoms with E-state index in [0.717, 1.165) is 140 Å². The van der Waals surface area contributed by atoms with Gasteiger partial charge in [-0.1, -0.05) is 249 Å². The van der Waals surface area contributed by atoms with Gasteiger partial charge in [0.1, 0.15) is 0 Å². The van der Waals surface area contributed by atoms with Gasteiger partial charge in [0.15, 0.2) is 11.6 Å². The van der Waals surface area contributed by atoms with E-state index in [4.69, 9.17) is 19.9 Å². The first-order valence-electron chi connectivity index (χ1n) is 34.4. The molecular formula is C92H59BN8. The van der Waals surface area contributed by atoms with Crippen LogP contribution in [0.15, 0.2) is 358 Å². The number of nitrogens with zero attached hydrogens (tertiary/aromatic N) is 8. The molecule has 0 amide bonds. The minimum absolute atomic E-state index is 0.0509. The zero-order valence-corrected chi connectivity index (χ0v) is 54.7. The zero-order valence-electron chi connectivity index (χ0n) is 54.7. The molecule has 4 aromatic heterocycles. The van der Waals surface area contributed by atoms with Gasteiger partial charge in [-0.05, 0) is 131 Å². The molecule has 0 bridgehead atoms. The maximum atomic E-state index is 5.88. The van der Waals surface area contributed by atoms with E-state index in [9.17, 15) is 0 Å². The molecule has 0 unspecified atom stereocenters. The molecule has 0 spiro atoms. The Labute approximate surface area is 584 Å². The summed E-state index contributed by atoms with van der Waals surface area (Å²) in [7, 11) is 0. The molecule has 9 heteroatoms. The number of fused-ring (bicyclic) bond motifs is 10. The molecule has 0 N–H and O–H groups in total. The van der Waals surface area contributed by atoms with Gasteiger partial charge in [0.25, 0.3) is 6.71 Å². The topological polar surface area (TPSA) is 67.9 Å². The number of anilines is 6. The van der Waals surface area contributed by atoms with E-state index in [1.165, 1.54) is 32.8 Å². The van der Waals surface area contributed by atoms with Crippen LogP contribution in [-0.2, 0) is 0 Å². The highest BCUT2D eigenvalue weighted by atomic mass is 15.2. The van der Waals surface area contributed by atoms with Crippen molar-refractivity contribution in [3.8, 4) is 90.3 Å². The summed E-state index contributed by atoms with van der Waals surface area (Å²) in [6.07, 6.45) is 0. The van der Waals surface area contributed by atoms with Crippen LogP contribution in [0.5, 0.6) is 0 Å². The van der Waals surface area contributed by atoms with Crippen LogP contribution in [-0.4, -0.2) is 35.8 Å².